The summed E-state index contributed by atoms with van der Waals surface area (Å²) in [7, 11) is -4.24. The van der Waals surface area contributed by atoms with Crippen LogP contribution >= 0.6 is 0 Å². The van der Waals surface area contributed by atoms with E-state index in [1.165, 1.54) is 22.6 Å². The molecule has 51 heavy (non-hydrogen) atoms. The first-order valence-corrected chi connectivity index (χ1v) is 17.2. The fraction of sp³-hybridized carbons (Fsp3) is 0.353. The Labute approximate surface area is 289 Å². The molecule has 4 N–H and O–H groups in total. The molecule has 274 valence electrons. The van der Waals surface area contributed by atoms with Gasteiger partial charge in [0.15, 0.2) is 0 Å². The lowest BCUT2D eigenvalue weighted by atomic mass is 9.84. The van der Waals surface area contributed by atoms with Gasteiger partial charge in [0, 0.05) is 61.2 Å². The highest BCUT2D eigenvalue weighted by atomic mass is 32.2. The Bertz CT molecular complexity index is 1850. The van der Waals surface area contributed by atoms with Crippen molar-refractivity contribution in [3.63, 3.8) is 0 Å². The van der Waals surface area contributed by atoms with Gasteiger partial charge in [-0.3, -0.25) is 9.79 Å². The van der Waals surface area contributed by atoms with Crippen LogP contribution in [0.25, 0.3) is 0 Å². The Balaban J connectivity index is 1.34. The topological polar surface area (TPSA) is 126 Å². The van der Waals surface area contributed by atoms with Crippen LogP contribution in [0.15, 0.2) is 88.5 Å². The number of nitrogens with zero attached hydrogens (tertiary/aromatic N) is 2. The lowest BCUT2D eigenvalue weighted by Gasteiger charge is -2.40. The lowest BCUT2D eigenvalue weighted by Crippen LogP contribution is -2.58. The Morgan fingerprint density at radius 3 is 2.25 bits per heavy atom. The number of hydrogen-bond donors (Lipinski definition) is 3. The van der Waals surface area contributed by atoms with E-state index in [0.29, 0.717) is 6.07 Å². The summed E-state index contributed by atoms with van der Waals surface area (Å²) in [5, 5.41) is 5.72. The third-order valence-corrected chi connectivity index (χ3v) is 10.8. The lowest BCUT2D eigenvalue weighted by molar-refractivity contribution is -0.274. The predicted octanol–water partition coefficient (Wildman–Crippen LogP) is 5.29. The van der Waals surface area contributed by atoms with Crippen LogP contribution in [-0.2, 0) is 14.8 Å². The molecule has 5 rings (SSSR count). The van der Waals surface area contributed by atoms with Gasteiger partial charge in [-0.1, -0.05) is 12.1 Å². The zero-order valence-corrected chi connectivity index (χ0v) is 27.8. The monoisotopic (exact) mass is 741 g/mol. The van der Waals surface area contributed by atoms with Gasteiger partial charge in [0.05, 0.1) is 10.9 Å². The molecule has 2 heterocycles. The van der Waals surface area contributed by atoms with E-state index in [-0.39, 0.29) is 47.7 Å². The number of amides is 1. The molecule has 2 aliphatic heterocycles. The number of allylic oxidation sites excluding steroid dienone is 1. The number of hydrogen-bond acceptors (Lipinski definition) is 7. The highest BCUT2D eigenvalue weighted by molar-refractivity contribution is 7.89. The van der Waals surface area contributed by atoms with Gasteiger partial charge in [-0.2, -0.15) is 4.31 Å². The molecule has 6 atom stereocenters. The van der Waals surface area contributed by atoms with E-state index in [2.05, 4.69) is 20.4 Å². The largest absolute Gasteiger partial charge is 0.573 e. The summed E-state index contributed by atoms with van der Waals surface area (Å²) in [4.78, 5) is 17.2. The number of rotatable bonds is 11. The smallest absolute Gasteiger partial charge is 0.406 e. The van der Waals surface area contributed by atoms with Crippen molar-refractivity contribution >= 4 is 22.1 Å². The van der Waals surface area contributed by atoms with E-state index in [4.69, 9.17) is 5.73 Å². The number of nitrogens with one attached hydrogen (secondary N) is 2. The van der Waals surface area contributed by atoms with Gasteiger partial charge in [-0.25, -0.2) is 26.0 Å². The van der Waals surface area contributed by atoms with Gasteiger partial charge in [0.1, 0.15) is 29.4 Å². The number of carbonyl (C=O) groups is 1. The SMILES string of the molecule is C[C@@H]1CNC[C@H](CCC2C(NC(=O)[C@@H](N)[C@@H](c3ccc(F)cc3)c3cc(F)cc(F)c3)=CN=CC2F)N1S(=O)(=O)c1ccc(OC(F)(F)F)cc1. The maximum atomic E-state index is 15.4. The van der Waals surface area contributed by atoms with E-state index >= 15 is 4.39 Å². The summed E-state index contributed by atoms with van der Waals surface area (Å²) in [6.45, 7) is 2.10. The zero-order chi connectivity index (χ0) is 37.1. The highest BCUT2D eigenvalue weighted by Crippen LogP contribution is 2.33. The molecular weight excluding hydrogens is 707 g/mol. The molecule has 9 nitrogen and oxygen atoms in total. The summed E-state index contributed by atoms with van der Waals surface area (Å²) >= 11 is 0. The predicted molar refractivity (Wildman–Crippen MR) is 173 cm³/mol. The molecule has 1 amide bonds. The molecule has 3 aromatic rings. The maximum absolute atomic E-state index is 15.4. The fourth-order valence-electron chi connectivity index (χ4n) is 6.39. The van der Waals surface area contributed by atoms with E-state index in [9.17, 15) is 39.6 Å². The van der Waals surface area contributed by atoms with Crippen LogP contribution in [0.4, 0.5) is 30.7 Å². The minimum atomic E-state index is -4.96. The molecule has 0 spiro atoms. The Hall–Kier alpha value is -4.32. The maximum Gasteiger partial charge on any atom is 0.573 e. The average molecular weight is 742 g/mol. The zero-order valence-electron chi connectivity index (χ0n) is 27.0. The average Bonchev–Trinajstić information content (AvgIpc) is 3.04. The number of sulfonamides is 1. The number of benzene rings is 3. The first kappa shape index (κ1) is 37.9. The molecule has 3 aromatic carbocycles. The molecular formula is C34H34F7N5O4S. The number of alkyl halides is 4. The van der Waals surface area contributed by atoms with Crippen LogP contribution in [0.1, 0.15) is 36.8 Å². The van der Waals surface area contributed by atoms with Crippen molar-refractivity contribution in [3.05, 3.63) is 107 Å². The molecule has 0 saturated carbocycles. The van der Waals surface area contributed by atoms with Crippen LogP contribution in [0, 0.1) is 23.4 Å². The van der Waals surface area contributed by atoms with Gasteiger partial charge in [-0.05, 0) is 79.4 Å². The summed E-state index contributed by atoms with van der Waals surface area (Å²) < 4.78 is 128. The number of aliphatic imine (C=N–C) groups is 1. The van der Waals surface area contributed by atoms with Gasteiger partial charge in [0.2, 0.25) is 15.9 Å². The molecule has 17 heteroatoms. The second-order valence-corrected chi connectivity index (χ2v) is 14.1. The first-order chi connectivity index (χ1) is 24.0. The van der Waals surface area contributed by atoms with Gasteiger partial charge in [0.25, 0.3) is 0 Å². The molecule has 0 aliphatic carbocycles. The van der Waals surface area contributed by atoms with Crippen LogP contribution in [-0.4, -0.2) is 68.6 Å². The van der Waals surface area contributed by atoms with E-state index in [1.54, 1.807) is 6.92 Å². The number of ether oxygens (including phenoxy) is 1. The summed E-state index contributed by atoms with van der Waals surface area (Å²) in [5.41, 5.74) is 6.68. The number of carbonyl (C=O) groups excluding carboxylic acids is 1. The van der Waals surface area contributed by atoms with Crippen molar-refractivity contribution in [3.8, 4) is 5.75 Å². The Morgan fingerprint density at radius 2 is 1.63 bits per heavy atom. The summed E-state index contributed by atoms with van der Waals surface area (Å²) in [6, 6.07) is 8.50. The fourth-order valence-corrected chi connectivity index (χ4v) is 8.24. The van der Waals surface area contributed by atoms with Crippen LogP contribution < -0.4 is 21.1 Å². The van der Waals surface area contributed by atoms with E-state index in [1.807, 2.05) is 0 Å². The number of nitrogens with two attached hydrogens (primary N) is 1. The highest BCUT2D eigenvalue weighted by Gasteiger charge is 2.40. The second kappa shape index (κ2) is 15.5. The standard InChI is InChI=1S/C34H34F7N5O4S/c1-19-15-43-16-25(46(19)51(48,49)27-9-7-26(8-10-27)50-34(39,40)41)6-11-28-29(38)17-44-18-30(28)45-33(47)32(42)31(20-2-4-22(35)5-3-20)21-12-23(36)14-24(37)13-21/h2-5,7-10,12-14,17-19,25,28-29,31-32,43H,6,11,15-16,42H2,1H3,(H,45,47)/t19-,25+,28?,29?,31+,32+/m1/s1. The van der Waals surface area contributed by atoms with E-state index < -0.39 is 81.6 Å². The van der Waals surface area contributed by atoms with Crippen molar-refractivity contribution in [2.24, 2.45) is 16.6 Å². The van der Waals surface area contributed by atoms with E-state index in [0.717, 1.165) is 54.7 Å². The van der Waals surface area contributed by atoms with Crippen molar-refractivity contribution in [1.82, 2.24) is 14.9 Å². The van der Waals surface area contributed by atoms with Crippen molar-refractivity contribution in [2.75, 3.05) is 13.1 Å². The molecule has 0 aromatic heterocycles. The number of halogens is 7. The molecule has 0 bridgehead atoms. The van der Waals surface area contributed by atoms with Gasteiger partial charge >= 0.3 is 6.36 Å². The first-order valence-electron chi connectivity index (χ1n) is 15.8. The third kappa shape index (κ3) is 9.13. The molecule has 1 fully saturated rings. The van der Waals surface area contributed by atoms with Crippen molar-refractivity contribution in [1.29, 1.82) is 0 Å². The van der Waals surface area contributed by atoms with Crippen molar-refractivity contribution in [2.45, 2.75) is 61.2 Å². The van der Waals surface area contributed by atoms with Gasteiger partial charge < -0.3 is 21.1 Å². The van der Waals surface area contributed by atoms with Crippen LogP contribution in [0.5, 0.6) is 5.75 Å². The minimum Gasteiger partial charge on any atom is -0.406 e. The Kier molecular flexibility index (Phi) is 11.5. The second-order valence-electron chi connectivity index (χ2n) is 12.3. The van der Waals surface area contributed by atoms with Crippen molar-refractivity contribution < 1.29 is 48.7 Å². The molecule has 2 unspecified atom stereocenters. The molecule has 0 radical (unpaired) electrons. The normalized spacial score (nSPS) is 22.6. The summed E-state index contributed by atoms with van der Waals surface area (Å²) in [6.07, 6.45) is -4.32. The summed E-state index contributed by atoms with van der Waals surface area (Å²) in [5.74, 6) is -6.06. The minimum absolute atomic E-state index is 0.0000535. The quantitative estimate of drug-likeness (QED) is 0.230. The van der Waals surface area contributed by atoms with Crippen LogP contribution in [0.3, 0.4) is 0 Å². The Morgan fingerprint density at radius 1 is 0.980 bits per heavy atom. The number of piperazine rings is 1. The molecule has 2 aliphatic rings. The molecule has 1 saturated heterocycles. The van der Waals surface area contributed by atoms with Gasteiger partial charge in [-0.15, -0.1) is 13.2 Å². The third-order valence-electron chi connectivity index (χ3n) is 8.69. The van der Waals surface area contributed by atoms with Crippen LogP contribution in [0.2, 0.25) is 0 Å².